The van der Waals surface area contributed by atoms with E-state index < -0.39 is 23.2 Å². The topological polar surface area (TPSA) is 78.6 Å². The predicted molar refractivity (Wildman–Crippen MR) is 76.1 cm³/mol. The summed E-state index contributed by atoms with van der Waals surface area (Å²) in [6.07, 6.45) is 0.335. The molecule has 6 heteroatoms. The summed E-state index contributed by atoms with van der Waals surface area (Å²) in [5.74, 6) is -0.854. The van der Waals surface area contributed by atoms with Crippen LogP contribution in [0.4, 0.5) is 0 Å². The van der Waals surface area contributed by atoms with Crippen molar-refractivity contribution in [3.05, 3.63) is 0 Å². The summed E-state index contributed by atoms with van der Waals surface area (Å²) in [6, 6.07) is -0.795. The average Bonchev–Trinajstić information content (AvgIpc) is 2.08. The number of hydrogen-bond acceptors (Lipinski definition) is 5. The molecule has 0 aliphatic heterocycles. The van der Waals surface area contributed by atoms with Gasteiger partial charge in [0.25, 0.3) is 0 Å². The van der Waals surface area contributed by atoms with E-state index in [2.05, 4.69) is 0 Å². The Kier molecular flexibility index (Phi) is 8.31. The molecule has 0 rings (SSSR count). The number of rotatable bonds is 4. The van der Waals surface area contributed by atoms with Crippen LogP contribution in [-0.4, -0.2) is 29.2 Å². The maximum absolute atomic E-state index is 11.6. The van der Waals surface area contributed by atoms with Gasteiger partial charge in [0.15, 0.2) is 0 Å². The van der Waals surface area contributed by atoms with Gasteiger partial charge in [-0.15, -0.1) is 12.4 Å². The van der Waals surface area contributed by atoms with Crippen LogP contribution >= 0.6 is 12.4 Å². The number of carbonyl (C=O) groups is 2. The first-order chi connectivity index (χ1) is 7.91. The van der Waals surface area contributed by atoms with Gasteiger partial charge in [-0.3, -0.25) is 9.59 Å². The first-order valence-electron chi connectivity index (χ1n) is 6.11. The molecule has 1 atom stereocenters. The van der Waals surface area contributed by atoms with Crippen LogP contribution < -0.4 is 5.73 Å². The molecule has 0 fully saturated rings. The quantitative estimate of drug-likeness (QED) is 0.804. The zero-order valence-electron chi connectivity index (χ0n) is 12.6. The normalized spacial score (nSPS) is 13.2. The molecule has 0 aromatic heterocycles. The molecule has 0 radical (unpaired) electrons. The highest BCUT2D eigenvalue weighted by atomic mass is 35.5. The van der Waals surface area contributed by atoms with Crippen molar-refractivity contribution in [3.8, 4) is 0 Å². The third kappa shape index (κ3) is 12.0. The van der Waals surface area contributed by atoms with Crippen molar-refractivity contribution in [3.63, 3.8) is 0 Å². The lowest BCUT2D eigenvalue weighted by Crippen LogP contribution is -2.38. The van der Waals surface area contributed by atoms with Gasteiger partial charge in [0.2, 0.25) is 0 Å². The molecular formula is C13H26ClNO4. The van der Waals surface area contributed by atoms with Crippen LogP contribution in [0.5, 0.6) is 0 Å². The molecule has 0 saturated heterocycles. The van der Waals surface area contributed by atoms with Gasteiger partial charge in [-0.25, -0.2) is 0 Å². The van der Waals surface area contributed by atoms with Crippen LogP contribution in [-0.2, 0) is 19.1 Å². The lowest BCUT2D eigenvalue weighted by molar-refractivity contribution is -0.157. The Morgan fingerprint density at radius 3 is 1.79 bits per heavy atom. The highest BCUT2D eigenvalue weighted by Crippen LogP contribution is 2.12. The molecule has 0 saturated carbocycles. The molecule has 5 nitrogen and oxygen atoms in total. The molecule has 0 aromatic rings. The summed E-state index contributed by atoms with van der Waals surface area (Å²) in [5, 5.41) is 0. The Balaban J connectivity index is 0. The minimum absolute atomic E-state index is 0. The number of ether oxygens (including phenoxy) is 2. The van der Waals surface area contributed by atoms with E-state index in [1.807, 2.05) is 0 Å². The minimum Gasteiger partial charge on any atom is -0.460 e. The zero-order chi connectivity index (χ0) is 14.6. The van der Waals surface area contributed by atoms with Crippen molar-refractivity contribution in [2.75, 3.05) is 0 Å². The first kappa shape index (κ1) is 20.5. The molecule has 0 spiro atoms. The van der Waals surface area contributed by atoms with E-state index in [1.165, 1.54) is 0 Å². The monoisotopic (exact) mass is 295 g/mol. The highest BCUT2D eigenvalue weighted by Gasteiger charge is 2.24. The van der Waals surface area contributed by atoms with Gasteiger partial charge in [-0.05, 0) is 48.0 Å². The molecule has 0 aromatic carbocycles. The van der Waals surface area contributed by atoms with E-state index in [1.54, 1.807) is 41.5 Å². The predicted octanol–water partition coefficient (Wildman–Crippen LogP) is 2.20. The van der Waals surface area contributed by atoms with Crippen molar-refractivity contribution in [2.24, 2.45) is 5.73 Å². The maximum atomic E-state index is 11.6. The largest absolute Gasteiger partial charge is 0.460 e. The minimum atomic E-state index is -0.795. The fraction of sp³-hybridized carbons (Fsp3) is 0.846. The van der Waals surface area contributed by atoms with Gasteiger partial charge in [-0.2, -0.15) is 0 Å². The molecule has 2 N–H and O–H groups in total. The summed E-state index contributed by atoms with van der Waals surface area (Å²) in [5.41, 5.74) is 4.56. The van der Waals surface area contributed by atoms with E-state index in [9.17, 15) is 9.59 Å². The lowest BCUT2D eigenvalue weighted by Gasteiger charge is -2.22. The first-order valence-corrected chi connectivity index (χ1v) is 6.11. The fourth-order valence-electron chi connectivity index (χ4n) is 1.16. The van der Waals surface area contributed by atoms with Crippen LogP contribution in [0, 0.1) is 0 Å². The molecule has 0 bridgehead atoms. The summed E-state index contributed by atoms with van der Waals surface area (Å²) in [6.45, 7) is 10.7. The van der Waals surface area contributed by atoms with E-state index in [-0.39, 0.29) is 31.2 Å². The Morgan fingerprint density at radius 1 is 1.00 bits per heavy atom. The van der Waals surface area contributed by atoms with Crippen LogP contribution in [0.2, 0.25) is 0 Å². The van der Waals surface area contributed by atoms with Crippen molar-refractivity contribution in [1.82, 2.24) is 0 Å². The van der Waals surface area contributed by atoms with E-state index >= 15 is 0 Å². The van der Waals surface area contributed by atoms with Crippen molar-refractivity contribution in [2.45, 2.75) is 71.6 Å². The third-order valence-electron chi connectivity index (χ3n) is 1.79. The molecule has 114 valence electrons. The molecule has 19 heavy (non-hydrogen) atoms. The van der Waals surface area contributed by atoms with Crippen LogP contribution in [0.15, 0.2) is 0 Å². The van der Waals surface area contributed by atoms with Crippen LogP contribution in [0.25, 0.3) is 0 Å². The van der Waals surface area contributed by atoms with Gasteiger partial charge in [0.1, 0.15) is 17.2 Å². The Hall–Kier alpha value is -0.810. The number of nitrogens with two attached hydrogens (primary N) is 1. The van der Waals surface area contributed by atoms with Gasteiger partial charge >= 0.3 is 11.9 Å². The van der Waals surface area contributed by atoms with E-state index in [0.717, 1.165) is 0 Å². The summed E-state index contributed by atoms with van der Waals surface area (Å²) in [7, 11) is 0. The van der Waals surface area contributed by atoms with Gasteiger partial charge in [0, 0.05) is 6.42 Å². The van der Waals surface area contributed by atoms with Crippen LogP contribution in [0.3, 0.4) is 0 Å². The van der Waals surface area contributed by atoms with E-state index in [4.69, 9.17) is 15.2 Å². The molecule has 0 aliphatic carbocycles. The second kappa shape index (κ2) is 7.70. The highest BCUT2D eigenvalue weighted by molar-refractivity contribution is 5.85. The van der Waals surface area contributed by atoms with Gasteiger partial charge in [-0.1, -0.05) is 0 Å². The fourth-order valence-corrected chi connectivity index (χ4v) is 1.16. The third-order valence-corrected chi connectivity index (χ3v) is 1.79. The number of halogens is 1. The molecule has 0 amide bonds. The van der Waals surface area contributed by atoms with E-state index in [0.29, 0.717) is 0 Å². The van der Waals surface area contributed by atoms with Gasteiger partial charge in [0.05, 0.1) is 0 Å². The Labute approximate surface area is 121 Å². The SMILES string of the molecule is CC(C)(C)OC(=O)CC[C@@H](N)C(=O)OC(C)(C)C.Cl. The van der Waals surface area contributed by atoms with Crippen molar-refractivity contribution in [1.29, 1.82) is 0 Å². The number of carbonyl (C=O) groups excluding carboxylic acids is 2. The summed E-state index contributed by atoms with van der Waals surface area (Å²) in [4.78, 5) is 23.0. The van der Waals surface area contributed by atoms with Gasteiger partial charge < -0.3 is 15.2 Å². The lowest BCUT2D eigenvalue weighted by atomic mass is 10.1. The summed E-state index contributed by atoms with van der Waals surface area (Å²) < 4.78 is 10.2. The van der Waals surface area contributed by atoms with Crippen LogP contribution in [0.1, 0.15) is 54.4 Å². The summed E-state index contributed by atoms with van der Waals surface area (Å²) >= 11 is 0. The Morgan fingerprint density at radius 2 is 1.42 bits per heavy atom. The van der Waals surface area contributed by atoms with Crippen molar-refractivity contribution < 1.29 is 19.1 Å². The van der Waals surface area contributed by atoms with Crippen molar-refractivity contribution >= 4 is 24.3 Å². The molecule has 0 unspecified atom stereocenters. The number of esters is 2. The molecule has 0 aliphatic rings. The zero-order valence-corrected chi connectivity index (χ0v) is 13.4. The molecular weight excluding hydrogens is 270 g/mol. The Bertz CT molecular complexity index is 305. The maximum Gasteiger partial charge on any atom is 0.323 e. The smallest absolute Gasteiger partial charge is 0.323 e. The standard InChI is InChI=1S/C13H25NO4.ClH/c1-12(2,3)17-10(15)8-7-9(14)11(16)18-13(4,5)6;/h9H,7-8,14H2,1-6H3;1H/t9-;/m1./s1. The number of hydrogen-bond donors (Lipinski definition) is 1. The second-order valence-corrected chi connectivity index (χ2v) is 6.27. The second-order valence-electron chi connectivity index (χ2n) is 6.27. The average molecular weight is 296 g/mol. The molecule has 0 heterocycles.